The van der Waals surface area contributed by atoms with Crippen molar-refractivity contribution in [3.8, 4) is 0 Å². The zero-order valence-electron chi connectivity index (χ0n) is 22.4. The van der Waals surface area contributed by atoms with Crippen LogP contribution in [-0.2, 0) is 28.4 Å². The van der Waals surface area contributed by atoms with E-state index in [-0.39, 0.29) is 87.0 Å². The molecule has 0 rings (SSSR count). The van der Waals surface area contributed by atoms with E-state index in [9.17, 15) is 0 Å². The molecule has 11 nitrogen and oxygen atoms in total. The van der Waals surface area contributed by atoms with Gasteiger partial charge in [-0.1, -0.05) is 44.6 Å². The second kappa shape index (κ2) is 40.7. The van der Waals surface area contributed by atoms with Crippen LogP contribution in [0.4, 0.5) is 0 Å². The van der Waals surface area contributed by atoms with E-state index in [2.05, 4.69) is 0 Å². The highest BCUT2D eigenvalue weighted by Crippen LogP contribution is 1.98. The highest BCUT2D eigenvalue weighted by atomic mass is 16.6. The molecule has 0 aromatic heterocycles. The Morgan fingerprint density at radius 1 is 0.375 bits per heavy atom. The molecule has 0 aromatic carbocycles. The van der Waals surface area contributed by atoms with Crippen LogP contribution in [0.5, 0.6) is 0 Å². The molecular formula is C29H79N5O6. The molecule has 6 unspecified atom stereocenters. The van der Waals surface area contributed by atoms with Crippen LogP contribution in [0.2, 0.25) is 0 Å². The maximum atomic E-state index is 5.65. The number of ether oxygens (including phenoxy) is 6. The van der Waals surface area contributed by atoms with Gasteiger partial charge in [0.15, 0.2) is 0 Å². The smallest absolute Gasteiger partial charge is 0.104 e. The normalized spacial score (nSPS) is 15.1. The summed E-state index contributed by atoms with van der Waals surface area (Å²) in [6.45, 7) is 16.7. The summed E-state index contributed by atoms with van der Waals surface area (Å²) in [5, 5.41) is 0. The Hall–Kier alpha value is -0.440. The van der Waals surface area contributed by atoms with E-state index in [0.29, 0.717) is 66.1 Å². The molecule has 0 radical (unpaired) electrons. The van der Waals surface area contributed by atoms with Gasteiger partial charge in [0.1, 0.15) is 6.10 Å². The molecule has 0 spiro atoms. The molecule has 6 atom stereocenters. The minimum absolute atomic E-state index is 0. The summed E-state index contributed by atoms with van der Waals surface area (Å²) in [6.07, 6.45) is -0.0621. The third-order valence-electron chi connectivity index (χ3n) is 3.71. The maximum absolute atomic E-state index is 5.65. The summed E-state index contributed by atoms with van der Waals surface area (Å²) in [4.78, 5) is 0. The second-order valence-corrected chi connectivity index (χ2v) is 9.21. The van der Waals surface area contributed by atoms with Crippen molar-refractivity contribution in [3.05, 3.63) is 0 Å². The molecule has 0 aliphatic carbocycles. The number of nitrogens with two attached hydrogens (primary N) is 5. The van der Waals surface area contributed by atoms with Crippen LogP contribution in [0.3, 0.4) is 0 Å². The van der Waals surface area contributed by atoms with Gasteiger partial charge in [-0.2, -0.15) is 0 Å². The molecule has 0 aliphatic rings. The minimum Gasteiger partial charge on any atom is -0.377 e. The Balaban J connectivity index is -0.0000000745. The van der Waals surface area contributed by atoms with Crippen LogP contribution in [0, 0.1) is 0 Å². The SMILES string of the molecule is C.C.C.C.C.C.CC(N)COCC(COCC(C)N)OCC(C)N.CC(N)COCCOCC(C)OCC(C)N. The van der Waals surface area contributed by atoms with E-state index in [4.69, 9.17) is 57.1 Å². The van der Waals surface area contributed by atoms with Gasteiger partial charge in [-0.3, -0.25) is 0 Å². The van der Waals surface area contributed by atoms with E-state index >= 15 is 0 Å². The molecule has 0 fully saturated rings. The first-order chi connectivity index (χ1) is 15.9. The first-order valence-electron chi connectivity index (χ1n) is 12.3. The molecule has 256 valence electrons. The van der Waals surface area contributed by atoms with Gasteiger partial charge in [-0.05, 0) is 41.5 Å². The predicted octanol–water partition coefficient (Wildman–Crippen LogP) is 3.38. The van der Waals surface area contributed by atoms with Gasteiger partial charge in [0.05, 0.1) is 72.2 Å². The summed E-state index contributed by atoms with van der Waals surface area (Å²) in [6, 6.07) is 0.174. The Morgan fingerprint density at radius 2 is 0.675 bits per heavy atom. The number of hydrogen-bond donors (Lipinski definition) is 5. The van der Waals surface area contributed by atoms with Crippen molar-refractivity contribution in [3.63, 3.8) is 0 Å². The van der Waals surface area contributed by atoms with Gasteiger partial charge in [0.2, 0.25) is 0 Å². The van der Waals surface area contributed by atoms with E-state index in [1.54, 1.807) is 0 Å². The number of rotatable bonds is 21. The fourth-order valence-corrected chi connectivity index (χ4v) is 2.20. The summed E-state index contributed by atoms with van der Waals surface area (Å²) < 4.78 is 32.6. The molecule has 11 heteroatoms. The van der Waals surface area contributed by atoms with Crippen molar-refractivity contribution in [1.29, 1.82) is 0 Å². The lowest BCUT2D eigenvalue weighted by Gasteiger charge is -2.20. The topological polar surface area (TPSA) is 185 Å². The van der Waals surface area contributed by atoms with Crippen molar-refractivity contribution in [2.24, 2.45) is 28.7 Å². The molecule has 0 heterocycles. The average Bonchev–Trinajstić information content (AvgIpc) is 2.72. The summed E-state index contributed by atoms with van der Waals surface area (Å²) >= 11 is 0. The van der Waals surface area contributed by atoms with Gasteiger partial charge < -0.3 is 57.1 Å². The van der Waals surface area contributed by atoms with Crippen LogP contribution < -0.4 is 28.7 Å². The lowest BCUT2D eigenvalue weighted by molar-refractivity contribution is -0.0644. The molecule has 0 bridgehead atoms. The highest BCUT2D eigenvalue weighted by Gasteiger charge is 2.12. The quantitative estimate of drug-likeness (QED) is 0.123. The first kappa shape index (κ1) is 59.1. The second-order valence-electron chi connectivity index (χ2n) is 9.21. The van der Waals surface area contributed by atoms with E-state index in [1.807, 2.05) is 41.5 Å². The van der Waals surface area contributed by atoms with Gasteiger partial charge in [-0.25, -0.2) is 0 Å². The van der Waals surface area contributed by atoms with Gasteiger partial charge in [0, 0.05) is 30.2 Å². The molecule has 0 saturated carbocycles. The predicted molar refractivity (Wildman–Crippen MR) is 177 cm³/mol. The summed E-state index contributed by atoms with van der Waals surface area (Å²) in [5.74, 6) is 0. The van der Waals surface area contributed by atoms with Crippen molar-refractivity contribution in [2.45, 2.75) is 129 Å². The van der Waals surface area contributed by atoms with Gasteiger partial charge in [0.25, 0.3) is 0 Å². The third kappa shape index (κ3) is 53.8. The highest BCUT2D eigenvalue weighted by molar-refractivity contribution is 4.61. The fourth-order valence-electron chi connectivity index (χ4n) is 2.20. The average molecular weight is 594 g/mol. The zero-order chi connectivity index (χ0) is 26.4. The van der Waals surface area contributed by atoms with Crippen LogP contribution in [-0.4, -0.2) is 108 Å². The number of hydrogen-bond acceptors (Lipinski definition) is 11. The molecular weight excluding hydrogens is 514 g/mol. The molecule has 0 aromatic rings. The largest absolute Gasteiger partial charge is 0.377 e. The van der Waals surface area contributed by atoms with Crippen molar-refractivity contribution in [2.75, 3.05) is 66.1 Å². The Bertz CT molecular complexity index is 406. The lowest BCUT2D eigenvalue weighted by atomic mass is 10.3. The van der Waals surface area contributed by atoms with Crippen LogP contribution in [0.25, 0.3) is 0 Å². The third-order valence-corrected chi connectivity index (χ3v) is 3.71. The minimum atomic E-state index is -0.131. The fraction of sp³-hybridized carbons (Fsp3) is 1.00. The summed E-state index contributed by atoms with van der Waals surface area (Å²) in [5.41, 5.74) is 28.0. The van der Waals surface area contributed by atoms with Crippen molar-refractivity contribution >= 4 is 0 Å². The van der Waals surface area contributed by atoms with E-state index in [1.165, 1.54) is 0 Å². The van der Waals surface area contributed by atoms with Gasteiger partial charge in [-0.15, -0.1) is 0 Å². The van der Waals surface area contributed by atoms with Crippen LogP contribution >= 0.6 is 0 Å². The Morgan fingerprint density at radius 3 is 1.02 bits per heavy atom. The van der Waals surface area contributed by atoms with Crippen LogP contribution in [0.1, 0.15) is 86.1 Å². The van der Waals surface area contributed by atoms with Crippen LogP contribution in [0.15, 0.2) is 0 Å². The van der Waals surface area contributed by atoms with E-state index in [0.717, 1.165) is 0 Å². The van der Waals surface area contributed by atoms with Crippen molar-refractivity contribution in [1.82, 2.24) is 0 Å². The molecule has 10 N–H and O–H groups in total. The molecule has 0 amide bonds. The zero-order valence-corrected chi connectivity index (χ0v) is 22.4. The Kier molecular flexibility index (Phi) is 60.1. The first-order valence-corrected chi connectivity index (χ1v) is 12.3. The molecule has 40 heavy (non-hydrogen) atoms. The maximum Gasteiger partial charge on any atom is 0.104 e. The standard InChI is InChI=1S/C12H29N3O3.C11H26N2O3.6CH4/c1-9(13)4-16-7-12(18-6-11(3)15)8-17-5-10(2)14;1-9(12)6-14-4-5-15-8-11(3)16-7-10(2)13;;;;;;/h9-12H,4-8,13-15H2,1-3H3;9-11H,4-8,12-13H2,1-3H3;6*1H4. The Labute approximate surface area is 251 Å². The summed E-state index contributed by atoms with van der Waals surface area (Å²) in [7, 11) is 0. The van der Waals surface area contributed by atoms with Gasteiger partial charge >= 0.3 is 0 Å². The molecule has 0 aliphatic heterocycles. The van der Waals surface area contributed by atoms with E-state index < -0.39 is 0 Å². The monoisotopic (exact) mass is 594 g/mol. The van der Waals surface area contributed by atoms with Crippen molar-refractivity contribution < 1.29 is 28.4 Å². The lowest BCUT2D eigenvalue weighted by Crippen LogP contribution is -2.34. The molecule has 0 saturated heterocycles.